The Morgan fingerprint density at radius 2 is 1.62 bits per heavy atom. The Bertz CT molecular complexity index is 1380. The third-order valence-corrected chi connectivity index (χ3v) is 4.82. The first-order valence-corrected chi connectivity index (χ1v) is 9.97. The van der Waals surface area contributed by atoms with Crippen molar-refractivity contribution in [2.45, 2.75) is 12.8 Å². The fourth-order valence-corrected chi connectivity index (χ4v) is 3.16. The normalized spacial score (nSPS) is 11.3. The summed E-state index contributed by atoms with van der Waals surface area (Å²) in [5.41, 5.74) is -0.266. The van der Waals surface area contributed by atoms with Crippen LogP contribution in [-0.2, 0) is 17.5 Å². The van der Waals surface area contributed by atoms with Gasteiger partial charge in [0.15, 0.2) is 0 Å². The summed E-state index contributed by atoms with van der Waals surface area (Å²) in [6, 6.07) is 18.3. The first-order valence-electron chi connectivity index (χ1n) is 9.97. The summed E-state index contributed by atoms with van der Waals surface area (Å²) < 4.78 is 61.8. The van der Waals surface area contributed by atoms with E-state index < -0.39 is 29.1 Å². The second kappa shape index (κ2) is 9.30. The summed E-state index contributed by atoms with van der Waals surface area (Å²) in [6.45, 7) is 0.186. The van der Waals surface area contributed by atoms with Crippen LogP contribution in [0.3, 0.4) is 0 Å². The Morgan fingerprint density at radius 1 is 0.941 bits per heavy atom. The number of fused-ring (bicyclic) bond motifs is 1. The Balaban J connectivity index is 1.69. The van der Waals surface area contributed by atoms with Gasteiger partial charge in [0.1, 0.15) is 23.7 Å². The summed E-state index contributed by atoms with van der Waals surface area (Å²) in [5, 5.41) is -0.110. The van der Waals surface area contributed by atoms with Crippen LogP contribution in [0.5, 0.6) is 17.2 Å². The summed E-state index contributed by atoms with van der Waals surface area (Å²) >= 11 is 0. The molecule has 0 aliphatic heterocycles. The molecule has 0 spiro atoms. The van der Waals surface area contributed by atoms with Crippen molar-refractivity contribution >= 4 is 16.9 Å². The van der Waals surface area contributed by atoms with E-state index in [1.165, 1.54) is 49.6 Å². The summed E-state index contributed by atoms with van der Waals surface area (Å²) in [6.07, 6.45) is -5.00. The number of alkyl halides is 3. The number of benzene rings is 3. The van der Waals surface area contributed by atoms with Gasteiger partial charge in [-0.25, -0.2) is 4.79 Å². The number of methoxy groups -OCH3 is 1. The van der Waals surface area contributed by atoms with Crippen molar-refractivity contribution < 1.29 is 36.6 Å². The van der Waals surface area contributed by atoms with Gasteiger partial charge in [0.05, 0.1) is 18.1 Å². The highest BCUT2D eigenvalue weighted by Gasteiger charge is 2.40. The van der Waals surface area contributed by atoms with E-state index in [-0.39, 0.29) is 34.6 Å². The fourth-order valence-electron chi connectivity index (χ4n) is 3.16. The molecule has 3 aromatic carbocycles. The zero-order chi connectivity index (χ0) is 24.3. The van der Waals surface area contributed by atoms with E-state index in [1.807, 2.05) is 30.3 Å². The molecule has 9 heteroatoms. The number of halogens is 3. The molecule has 0 saturated carbocycles. The van der Waals surface area contributed by atoms with Crippen LogP contribution in [0.25, 0.3) is 11.0 Å². The Labute approximate surface area is 191 Å². The van der Waals surface area contributed by atoms with Gasteiger partial charge in [-0.05, 0) is 42.0 Å². The van der Waals surface area contributed by atoms with Crippen molar-refractivity contribution in [3.63, 3.8) is 0 Å². The van der Waals surface area contributed by atoms with Crippen LogP contribution >= 0.6 is 0 Å². The third kappa shape index (κ3) is 4.88. The molecule has 0 fully saturated rings. The topological polar surface area (TPSA) is 75.0 Å². The molecule has 6 nitrogen and oxygen atoms in total. The Hall–Kier alpha value is -4.27. The lowest BCUT2D eigenvalue weighted by atomic mass is 10.2. The lowest BCUT2D eigenvalue weighted by Crippen LogP contribution is -2.15. The van der Waals surface area contributed by atoms with Gasteiger partial charge in [0, 0.05) is 6.07 Å². The predicted octanol–water partition coefficient (Wildman–Crippen LogP) is 5.97. The van der Waals surface area contributed by atoms with Crippen LogP contribution in [0.2, 0.25) is 0 Å². The van der Waals surface area contributed by atoms with E-state index in [9.17, 15) is 22.8 Å². The van der Waals surface area contributed by atoms with Crippen LogP contribution in [0.4, 0.5) is 13.2 Å². The summed E-state index contributed by atoms with van der Waals surface area (Å²) in [4.78, 5) is 24.4. The van der Waals surface area contributed by atoms with Crippen molar-refractivity contribution in [1.29, 1.82) is 0 Å². The molecule has 0 saturated heterocycles. The molecule has 1 heterocycles. The number of ether oxygens (including phenoxy) is 3. The lowest BCUT2D eigenvalue weighted by molar-refractivity contribution is -0.154. The molecule has 0 amide bonds. The van der Waals surface area contributed by atoms with E-state index in [2.05, 4.69) is 4.74 Å². The number of carbonyl (C=O) groups excluding carboxylic acids is 1. The van der Waals surface area contributed by atoms with Gasteiger partial charge in [-0.15, -0.1) is 0 Å². The minimum absolute atomic E-state index is 0.0902. The Kier molecular flexibility index (Phi) is 6.27. The van der Waals surface area contributed by atoms with Crippen molar-refractivity contribution in [2.75, 3.05) is 7.11 Å². The maximum absolute atomic E-state index is 13.7. The van der Waals surface area contributed by atoms with Gasteiger partial charge in [-0.1, -0.05) is 30.3 Å². The molecular formula is C25H17F3O6. The van der Waals surface area contributed by atoms with E-state index in [4.69, 9.17) is 13.9 Å². The zero-order valence-electron chi connectivity index (χ0n) is 17.7. The van der Waals surface area contributed by atoms with E-state index in [0.717, 1.165) is 5.56 Å². The second-order valence-electron chi connectivity index (χ2n) is 7.14. The van der Waals surface area contributed by atoms with E-state index in [0.29, 0.717) is 0 Å². The number of hydrogen-bond acceptors (Lipinski definition) is 6. The molecule has 1 aromatic heterocycles. The van der Waals surface area contributed by atoms with Crippen molar-refractivity contribution in [3.05, 3.63) is 99.9 Å². The van der Waals surface area contributed by atoms with Gasteiger partial charge in [0.25, 0.3) is 5.76 Å². The molecule has 0 bridgehead atoms. The van der Waals surface area contributed by atoms with Crippen molar-refractivity contribution in [3.8, 4) is 17.2 Å². The maximum atomic E-state index is 13.7. The van der Waals surface area contributed by atoms with Crippen molar-refractivity contribution in [1.82, 2.24) is 0 Å². The molecule has 0 unspecified atom stereocenters. The predicted molar refractivity (Wildman–Crippen MR) is 116 cm³/mol. The highest BCUT2D eigenvalue weighted by atomic mass is 19.4. The first kappa shape index (κ1) is 22.9. The van der Waals surface area contributed by atoms with Crippen LogP contribution in [0, 0.1) is 0 Å². The highest BCUT2D eigenvalue weighted by molar-refractivity contribution is 5.89. The van der Waals surface area contributed by atoms with Gasteiger partial charge in [-0.3, -0.25) is 4.79 Å². The highest BCUT2D eigenvalue weighted by Crippen LogP contribution is 2.38. The lowest BCUT2D eigenvalue weighted by Gasteiger charge is -2.14. The van der Waals surface area contributed by atoms with E-state index >= 15 is 0 Å². The zero-order valence-corrected chi connectivity index (χ0v) is 17.7. The quantitative estimate of drug-likeness (QED) is 0.323. The molecule has 0 aliphatic rings. The standard InChI is InChI=1S/C25H17F3O6/c1-31-24(30)16-7-9-17(10-8-16)33-22-21(29)19-12-11-18(32-14-15-5-3-2-4-6-15)13-20(19)34-23(22)25(26,27)28/h2-13H,14H2,1H3. The van der Waals surface area contributed by atoms with Crippen molar-refractivity contribution in [2.24, 2.45) is 0 Å². The summed E-state index contributed by atoms with van der Waals surface area (Å²) in [7, 11) is 1.20. The fraction of sp³-hybridized carbons (Fsp3) is 0.120. The molecule has 0 radical (unpaired) electrons. The second-order valence-corrected chi connectivity index (χ2v) is 7.14. The number of hydrogen-bond donors (Lipinski definition) is 0. The average molecular weight is 470 g/mol. The Morgan fingerprint density at radius 3 is 2.26 bits per heavy atom. The molecule has 4 aromatic rings. The first-order chi connectivity index (χ1) is 16.3. The van der Waals surface area contributed by atoms with Gasteiger partial charge in [0.2, 0.25) is 11.2 Å². The molecule has 174 valence electrons. The molecule has 0 atom stereocenters. The van der Waals surface area contributed by atoms with Crippen LogP contribution in [0.15, 0.2) is 82.0 Å². The van der Waals surface area contributed by atoms with Crippen LogP contribution in [-0.4, -0.2) is 13.1 Å². The minimum Gasteiger partial charge on any atom is -0.489 e. The SMILES string of the molecule is COC(=O)c1ccc(Oc2c(C(F)(F)F)oc3cc(OCc4ccccc4)ccc3c2=O)cc1. The number of esters is 1. The smallest absolute Gasteiger partial charge is 0.453 e. The summed E-state index contributed by atoms with van der Waals surface area (Å²) in [5.74, 6) is -3.07. The average Bonchev–Trinajstić information content (AvgIpc) is 2.84. The molecular weight excluding hydrogens is 453 g/mol. The number of carbonyl (C=O) groups is 1. The maximum Gasteiger partial charge on any atom is 0.453 e. The minimum atomic E-state index is -5.00. The third-order valence-electron chi connectivity index (χ3n) is 4.82. The van der Waals surface area contributed by atoms with E-state index in [1.54, 1.807) is 0 Å². The van der Waals surface area contributed by atoms with Gasteiger partial charge < -0.3 is 18.6 Å². The molecule has 34 heavy (non-hydrogen) atoms. The number of rotatable bonds is 6. The monoisotopic (exact) mass is 470 g/mol. The largest absolute Gasteiger partial charge is 0.489 e. The van der Waals surface area contributed by atoms with Gasteiger partial charge >= 0.3 is 12.1 Å². The molecule has 4 rings (SSSR count). The van der Waals surface area contributed by atoms with Crippen LogP contribution < -0.4 is 14.9 Å². The van der Waals surface area contributed by atoms with Crippen LogP contribution in [0.1, 0.15) is 21.7 Å². The molecule has 0 N–H and O–H groups in total. The van der Waals surface area contributed by atoms with Gasteiger partial charge in [-0.2, -0.15) is 13.2 Å². The molecule has 0 aliphatic carbocycles.